The number of nitrogens with one attached hydrogen (secondary N) is 1. The molecule has 3 rings (SSSR count). The molecule has 0 aliphatic carbocycles. The van der Waals surface area contributed by atoms with Gasteiger partial charge in [-0.1, -0.05) is 37.3 Å². The Hall–Kier alpha value is -3.28. The molecule has 2 aromatic carbocycles. The van der Waals surface area contributed by atoms with E-state index in [1.54, 1.807) is 7.11 Å². The Morgan fingerprint density at radius 1 is 1.06 bits per heavy atom. The molecule has 6 heteroatoms. The molecule has 164 valence electrons. The second kappa shape index (κ2) is 11.8. The molecule has 0 saturated carbocycles. The molecule has 0 aliphatic rings. The van der Waals surface area contributed by atoms with Crippen molar-refractivity contribution in [3.8, 4) is 11.5 Å². The van der Waals surface area contributed by atoms with E-state index in [0.29, 0.717) is 13.2 Å². The summed E-state index contributed by atoms with van der Waals surface area (Å²) in [5, 5.41) is 2.82. The van der Waals surface area contributed by atoms with Crippen LogP contribution in [0.1, 0.15) is 31.5 Å². The third-order valence-electron chi connectivity index (χ3n) is 5.15. The zero-order valence-corrected chi connectivity index (χ0v) is 18.2. The molecule has 31 heavy (non-hydrogen) atoms. The Bertz CT molecular complexity index is 997. The number of fused-ring (bicyclic) bond motifs is 1. The monoisotopic (exact) mass is 421 g/mol. The van der Waals surface area contributed by atoms with Gasteiger partial charge in [-0.05, 0) is 49.6 Å². The highest BCUT2D eigenvalue weighted by atomic mass is 16.5. The van der Waals surface area contributed by atoms with Gasteiger partial charge in [0.05, 0.1) is 24.8 Å². The smallest absolute Gasteiger partial charge is 0.243 e. The molecular weight excluding hydrogens is 390 g/mol. The van der Waals surface area contributed by atoms with E-state index in [4.69, 9.17) is 14.5 Å². The quantitative estimate of drug-likeness (QED) is 0.325. The summed E-state index contributed by atoms with van der Waals surface area (Å²) in [6.45, 7) is 5.60. The highest BCUT2D eigenvalue weighted by Crippen LogP contribution is 2.26. The lowest BCUT2D eigenvalue weighted by atomic mass is 10.2. The lowest BCUT2D eigenvalue weighted by Crippen LogP contribution is -2.21. The Morgan fingerprint density at radius 2 is 1.84 bits per heavy atom. The standard InChI is InChI=1S/C25H31N3O3/c1-3-25(29)26-17-10-4-5-16-24-27-20-12-6-7-13-21(20)28(24)18-11-19-31-23-15-9-8-14-22(23)30-2/h3,6-9,12-15H,1,4-5,10-11,16-19H2,2H3,(H,26,29). The van der Waals surface area contributed by atoms with Crippen LogP contribution in [-0.4, -0.2) is 35.7 Å². The number of ether oxygens (including phenoxy) is 2. The van der Waals surface area contributed by atoms with Crippen LogP contribution in [0.3, 0.4) is 0 Å². The molecule has 0 saturated heterocycles. The summed E-state index contributed by atoms with van der Waals surface area (Å²) in [7, 11) is 1.65. The van der Waals surface area contributed by atoms with E-state index < -0.39 is 0 Å². The van der Waals surface area contributed by atoms with Crippen molar-refractivity contribution in [2.24, 2.45) is 0 Å². The predicted octanol–water partition coefficient (Wildman–Crippen LogP) is 4.53. The Labute approximate surface area is 183 Å². The van der Waals surface area contributed by atoms with Crippen LogP contribution < -0.4 is 14.8 Å². The third kappa shape index (κ3) is 6.35. The number of amides is 1. The number of aryl methyl sites for hydroxylation is 2. The fourth-order valence-electron chi connectivity index (χ4n) is 3.58. The molecule has 0 atom stereocenters. The first-order valence-corrected chi connectivity index (χ1v) is 10.8. The summed E-state index contributed by atoms with van der Waals surface area (Å²) >= 11 is 0. The maximum atomic E-state index is 11.2. The largest absolute Gasteiger partial charge is 0.493 e. The number of nitrogens with zero attached hydrogens (tertiary/aromatic N) is 2. The van der Waals surface area contributed by atoms with E-state index in [1.807, 2.05) is 30.3 Å². The number of benzene rings is 2. The van der Waals surface area contributed by atoms with Crippen LogP contribution in [0.25, 0.3) is 11.0 Å². The normalized spacial score (nSPS) is 10.7. The average molecular weight is 422 g/mol. The number of para-hydroxylation sites is 4. The summed E-state index contributed by atoms with van der Waals surface area (Å²) in [5.41, 5.74) is 2.19. The molecule has 0 bridgehead atoms. The van der Waals surface area contributed by atoms with Crippen molar-refractivity contribution in [2.45, 2.75) is 38.6 Å². The van der Waals surface area contributed by atoms with Gasteiger partial charge >= 0.3 is 0 Å². The number of hydrogen-bond acceptors (Lipinski definition) is 4. The van der Waals surface area contributed by atoms with Crippen molar-refractivity contribution in [3.63, 3.8) is 0 Å². The number of aromatic nitrogens is 2. The summed E-state index contributed by atoms with van der Waals surface area (Å²) in [4.78, 5) is 16.1. The molecule has 0 spiro atoms. The van der Waals surface area contributed by atoms with Crippen LogP contribution in [0.4, 0.5) is 0 Å². The topological polar surface area (TPSA) is 65.4 Å². The van der Waals surface area contributed by atoms with Gasteiger partial charge in [-0.3, -0.25) is 4.79 Å². The number of unbranched alkanes of at least 4 members (excludes halogenated alkanes) is 2. The van der Waals surface area contributed by atoms with E-state index in [2.05, 4.69) is 34.7 Å². The zero-order chi connectivity index (χ0) is 21.9. The van der Waals surface area contributed by atoms with Crippen molar-refractivity contribution in [1.82, 2.24) is 14.9 Å². The van der Waals surface area contributed by atoms with Gasteiger partial charge in [0.2, 0.25) is 5.91 Å². The van der Waals surface area contributed by atoms with Crippen molar-refractivity contribution in [2.75, 3.05) is 20.3 Å². The fourth-order valence-corrected chi connectivity index (χ4v) is 3.58. The highest BCUT2D eigenvalue weighted by Gasteiger charge is 2.10. The van der Waals surface area contributed by atoms with E-state index in [9.17, 15) is 4.79 Å². The number of imidazole rings is 1. The number of hydrogen-bond donors (Lipinski definition) is 1. The van der Waals surface area contributed by atoms with Crippen LogP contribution in [-0.2, 0) is 17.8 Å². The minimum Gasteiger partial charge on any atom is -0.493 e. The molecule has 0 fully saturated rings. The second-order valence-corrected chi connectivity index (χ2v) is 7.33. The Balaban J connectivity index is 1.54. The predicted molar refractivity (Wildman–Crippen MR) is 124 cm³/mol. The molecule has 0 aliphatic heterocycles. The third-order valence-corrected chi connectivity index (χ3v) is 5.15. The number of methoxy groups -OCH3 is 1. The van der Waals surface area contributed by atoms with Crippen LogP contribution in [0.2, 0.25) is 0 Å². The maximum Gasteiger partial charge on any atom is 0.243 e. The molecule has 3 aromatic rings. The maximum absolute atomic E-state index is 11.2. The van der Waals surface area contributed by atoms with Gasteiger partial charge in [0, 0.05) is 19.5 Å². The van der Waals surface area contributed by atoms with Crippen LogP contribution in [0, 0.1) is 0 Å². The van der Waals surface area contributed by atoms with Crippen LogP contribution in [0.15, 0.2) is 61.2 Å². The molecular formula is C25H31N3O3. The van der Waals surface area contributed by atoms with Crippen molar-refractivity contribution < 1.29 is 14.3 Å². The van der Waals surface area contributed by atoms with Gasteiger partial charge in [0.1, 0.15) is 5.82 Å². The second-order valence-electron chi connectivity index (χ2n) is 7.33. The summed E-state index contributed by atoms with van der Waals surface area (Å²) < 4.78 is 13.6. The molecule has 6 nitrogen and oxygen atoms in total. The van der Waals surface area contributed by atoms with Crippen LogP contribution >= 0.6 is 0 Å². The minimum absolute atomic E-state index is 0.114. The van der Waals surface area contributed by atoms with Crippen LogP contribution in [0.5, 0.6) is 11.5 Å². The summed E-state index contributed by atoms with van der Waals surface area (Å²) in [6, 6.07) is 16.0. The number of carbonyl (C=O) groups is 1. The van der Waals surface area contributed by atoms with Crippen molar-refractivity contribution >= 4 is 16.9 Å². The van der Waals surface area contributed by atoms with E-state index in [1.165, 1.54) is 6.08 Å². The molecule has 1 N–H and O–H groups in total. The fraction of sp³-hybridized carbons (Fsp3) is 0.360. The number of rotatable bonds is 13. The molecule has 1 heterocycles. The number of carbonyl (C=O) groups excluding carboxylic acids is 1. The van der Waals surface area contributed by atoms with Crippen molar-refractivity contribution in [3.05, 3.63) is 67.0 Å². The van der Waals surface area contributed by atoms with Gasteiger partial charge in [-0.2, -0.15) is 0 Å². The van der Waals surface area contributed by atoms with E-state index >= 15 is 0 Å². The lowest BCUT2D eigenvalue weighted by molar-refractivity contribution is -0.116. The first-order valence-electron chi connectivity index (χ1n) is 10.8. The van der Waals surface area contributed by atoms with E-state index in [0.717, 1.165) is 67.0 Å². The van der Waals surface area contributed by atoms with Gasteiger partial charge < -0.3 is 19.4 Å². The van der Waals surface area contributed by atoms with Gasteiger partial charge in [-0.25, -0.2) is 4.98 Å². The SMILES string of the molecule is C=CC(=O)NCCCCCc1nc2ccccc2n1CCCOc1ccccc1OC. The lowest BCUT2D eigenvalue weighted by Gasteiger charge is -2.12. The Morgan fingerprint density at radius 3 is 2.65 bits per heavy atom. The molecule has 0 radical (unpaired) electrons. The van der Waals surface area contributed by atoms with Gasteiger partial charge in [-0.15, -0.1) is 0 Å². The summed E-state index contributed by atoms with van der Waals surface area (Å²) in [6.07, 6.45) is 6.12. The van der Waals surface area contributed by atoms with Gasteiger partial charge in [0.25, 0.3) is 0 Å². The average Bonchev–Trinajstić information content (AvgIpc) is 3.16. The molecule has 1 amide bonds. The van der Waals surface area contributed by atoms with Crippen molar-refractivity contribution in [1.29, 1.82) is 0 Å². The molecule has 1 aromatic heterocycles. The summed E-state index contributed by atoms with van der Waals surface area (Å²) in [5.74, 6) is 2.51. The molecule has 0 unspecified atom stereocenters. The first kappa shape index (κ1) is 22.4. The van der Waals surface area contributed by atoms with Gasteiger partial charge in [0.15, 0.2) is 11.5 Å². The zero-order valence-electron chi connectivity index (χ0n) is 18.2. The Kier molecular flexibility index (Phi) is 8.52. The minimum atomic E-state index is -0.114. The first-order chi connectivity index (χ1) is 15.2. The van der Waals surface area contributed by atoms with E-state index in [-0.39, 0.29) is 5.91 Å². The highest BCUT2D eigenvalue weighted by molar-refractivity contribution is 5.86.